The lowest BCUT2D eigenvalue weighted by Crippen LogP contribution is -2.05. The van der Waals surface area contributed by atoms with Crippen molar-refractivity contribution in [3.05, 3.63) is 76.9 Å². The van der Waals surface area contributed by atoms with Crippen LogP contribution in [0.3, 0.4) is 0 Å². The van der Waals surface area contributed by atoms with Crippen LogP contribution in [0.2, 0.25) is 0 Å². The Morgan fingerprint density at radius 1 is 0.897 bits per heavy atom. The Labute approximate surface area is 180 Å². The van der Waals surface area contributed by atoms with Gasteiger partial charge in [-0.3, -0.25) is 4.79 Å². The summed E-state index contributed by atoms with van der Waals surface area (Å²) < 4.78 is 0. The molecule has 0 amide bonds. The summed E-state index contributed by atoms with van der Waals surface area (Å²) in [5.74, 6) is 0.128. The molecule has 2 aromatic rings. The lowest BCUT2D eigenvalue weighted by molar-refractivity contribution is 0.101. The van der Waals surface area contributed by atoms with Crippen LogP contribution < -0.4 is 0 Å². The molecule has 1 nitrogen and oxygen atoms in total. The van der Waals surface area contributed by atoms with Crippen molar-refractivity contribution >= 4 is 11.4 Å². The normalized spacial score (nSPS) is 10.2. The summed E-state index contributed by atoms with van der Waals surface area (Å²) in [7, 11) is 0. The van der Waals surface area contributed by atoms with E-state index < -0.39 is 0 Å². The van der Waals surface area contributed by atoms with Crippen molar-refractivity contribution in [2.24, 2.45) is 5.41 Å². The molecule has 2 aromatic carbocycles. The summed E-state index contributed by atoms with van der Waals surface area (Å²) in [5.41, 5.74) is 7.75. The van der Waals surface area contributed by atoms with Crippen LogP contribution in [-0.4, -0.2) is 5.78 Å². The fraction of sp³-hybridized carbons (Fsp3) is 0.464. The zero-order valence-corrected chi connectivity index (χ0v) is 20.3. The van der Waals surface area contributed by atoms with Gasteiger partial charge in [-0.25, -0.2) is 0 Å². The van der Waals surface area contributed by atoms with E-state index in [0.717, 1.165) is 30.4 Å². The third-order valence-corrected chi connectivity index (χ3v) is 4.54. The highest BCUT2D eigenvalue weighted by molar-refractivity contribution is 5.94. The lowest BCUT2D eigenvalue weighted by Gasteiger charge is -2.20. The van der Waals surface area contributed by atoms with Gasteiger partial charge in [-0.1, -0.05) is 97.0 Å². The maximum atomic E-state index is 10.8. The van der Waals surface area contributed by atoms with Crippen molar-refractivity contribution in [3.63, 3.8) is 0 Å². The monoisotopic (exact) mass is 394 g/mol. The van der Waals surface area contributed by atoms with Crippen LogP contribution in [0.15, 0.2) is 49.0 Å². The Morgan fingerprint density at radius 3 is 1.90 bits per heavy atom. The van der Waals surface area contributed by atoms with E-state index >= 15 is 0 Å². The van der Waals surface area contributed by atoms with E-state index in [-0.39, 0.29) is 5.78 Å². The van der Waals surface area contributed by atoms with Crippen LogP contribution in [0.5, 0.6) is 0 Å². The summed E-state index contributed by atoms with van der Waals surface area (Å²) in [6, 6.07) is 14.4. The number of hydrogen-bond donors (Lipinski definition) is 0. The van der Waals surface area contributed by atoms with E-state index in [2.05, 4.69) is 59.4 Å². The largest absolute Gasteiger partial charge is 0.295 e. The molecule has 0 bridgehead atoms. The predicted molar refractivity (Wildman–Crippen MR) is 131 cm³/mol. The Kier molecular flexibility index (Phi) is 12.2. The first-order valence-electron chi connectivity index (χ1n) is 10.9. The molecule has 160 valence electrons. The highest BCUT2D eigenvalue weighted by Gasteiger charge is 2.13. The average Bonchev–Trinajstić information content (AvgIpc) is 2.68. The summed E-state index contributed by atoms with van der Waals surface area (Å²) in [6.45, 7) is 23.0. The zero-order valence-electron chi connectivity index (χ0n) is 20.3. The SMILES string of the molecule is C=C(CC(C)(C)C)c1ccc(CC)c(CC)c1.CC.CC(=O)c1cccc(C)c1. The van der Waals surface area contributed by atoms with Crippen LogP contribution in [0.4, 0.5) is 0 Å². The lowest BCUT2D eigenvalue weighted by atomic mass is 9.85. The maximum Gasteiger partial charge on any atom is 0.159 e. The number of ketones is 1. The quantitative estimate of drug-likeness (QED) is 0.465. The predicted octanol–water partition coefficient (Wildman–Crippen LogP) is 8.48. The molecule has 0 aliphatic carbocycles. The van der Waals surface area contributed by atoms with Gasteiger partial charge in [0.25, 0.3) is 0 Å². The van der Waals surface area contributed by atoms with Crippen molar-refractivity contribution in [1.29, 1.82) is 0 Å². The van der Waals surface area contributed by atoms with Gasteiger partial charge in [-0.05, 0) is 66.9 Å². The van der Waals surface area contributed by atoms with Crippen molar-refractivity contribution < 1.29 is 4.79 Å². The van der Waals surface area contributed by atoms with Crippen molar-refractivity contribution in [3.8, 4) is 0 Å². The molecule has 0 saturated heterocycles. The van der Waals surface area contributed by atoms with Gasteiger partial charge >= 0.3 is 0 Å². The molecule has 1 heteroatoms. The fourth-order valence-electron chi connectivity index (χ4n) is 3.13. The number of carbonyl (C=O) groups excluding carboxylic acids is 1. The van der Waals surface area contributed by atoms with Crippen molar-refractivity contribution in [1.82, 2.24) is 0 Å². The summed E-state index contributed by atoms with van der Waals surface area (Å²) >= 11 is 0. The van der Waals surface area contributed by atoms with Gasteiger partial charge in [0.2, 0.25) is 0 Å². The van der Waals surface area contributed by atoms with E-state index in [9.17, 15) is 4.79 Å². The Balaban J connectivity index is 0.000000554. The molecule has 0 aliphatic rings. The number of rotatable bonds is 5. The van der Waals surface area contributed by atoms with Gasteiger partial charge in [0.05, 0.1) is 0 Å². The first-order valence-corrected chi connectivity index (χ1v) is 10.9. The van der Waals surface area contributed by atoms with Crippen LogP contribution in [-0.2, 0) is 12.8 Å². The molecule has 0 saturated carbocycles. The topological polar surface area (TPSA) is 17.1 Å². The molecule has 0 aromatic heterocycles. The molecule has 0 radical (unpaired) electrons. The standard InChI is InChI=1S/C17H26.C9H10O.C2H6/c1-7-14-9-10-16(11-15(14)8-2)13(3)12-17(4,5)6;1-7-4-3-5-9(6-7)8(2)10;1-2/h9-11H,3,7-8,12H2,1-2,4-6H3;3-6H,1-2H3;1-2H3. The summed E-state index contributed by atoms with van der Waals surface area (Å²) in [5, 5.41) is 0. The highest BCUT2D eigenvalue weighted by Crippen LogP contribution is 2.30. The second kappa shape index (κ2) is 13.1. The molecule has 2 rings (SSSR count). The highest BCUT2D eigenvalue weighted by atomic mass is 16.1. The van der Waals surface area contributed by atoms with Gasteiger partial charge in [0, 0.05) is 5.56 Å². The molecule has 0 atom stereocenters. The summed E-state index contributed by atoms with van der Waals surface area (Å²) in [6.07, 6.45) is 3.29. The van der Waals surface area contributed by atoms with Crippen molar-refractivity contribution in [2.75, 3.05) is 0 Å². The maximum absolute atomic E-state index is 10.8. The molecule has 0 aliphatic heterocycles. The minimum atomic E-state index is 0.128. The van der Waals surface area contributed by atoms with E-state index in [1.54, 1.807) is 6.92 Å². The number of hydrogen-bond acceptors (Lipinski definition) is 1. The Morgan fingerprint density at radius 2 is 1.48 bits per heavy atom. The number of carbonyl (C=O) groups is 1. The molecule has 0 N–H and O–H groups in total. The smallest absolute Gasteiger partial charge is 0.159 e. The minimum absolute atomic E-state index is 0.128. The van der Waals surface area contributed by atoms with Crippen LogP contribution in [0.25, 0.3) is 5.57 Å². The van der Waals surface area contributed by atoms with Crippen molar-refractivity contribution in [2.45, 2.75) is 81.6 Å². The molecule has 0 heterocycles. The number of allylic oxidation sites excluding steroid dienone is 1. The van der Waals surface area contributed by atoms with E-state index in [1.165, 1.54) is 22.3 Å². The average molecular weight is 395 g/mol. The summed E-state index contributed by atoms with van der Waals surface area (Å²) in [4.78, 5) is 10.8. The first-order chi connectivity index (χ1) is 13.6. The van der Waals surface area contributed by atoms with Crippen LogP contribution >= 0.6 is 0 Å². The third-order valence-electron chi connectivity index (χ3n) is 4.54. The first kappa shape index (κ1) is 26.9. The number of Topliss-reactive ketones (excluding diaryl/α,β-unsaturated/α-hetero) is 1. The van der Waals surface area contributed by atoms with Gasteiger partial charge in [0.15, 0.2) is 5.78 Å². The van der Waals surface area contributed by atoms with Crippen LogP contribution in [0, 0.1) is 12.3 Å². The van der Waals surface area contributed by atoms with E-state index in [0.29, 0.717) is 5.41 Å². The minimum Gasteiger partial charge on any atom is -0.295 e. The van der Waals surface area contributed by atoms with Gasteiger partial charge in [0.1, 0.15) is 0 Å². The van der Waals surface area contributed by atoms with Gasteiger partial charge < -0.3 is 0 Å². The Hall–Kier alpha value is -2.15. The fourth-order valence-corrected chi connectivity index (χ4v) is 3.13. The second-order valence-corrected chi connectivity index (χ2v) is 8.46. The molecule has 0 spiro atoms. The van der Waals surface area contributed by atoms with E-state index in [4.69, 9.17) is 0 Å². The number of benzene rings is 2. The molecule has 29 heavy (non-hydrogen) atoms. The third kappa shape index (κ3) is 10.3. The zero-order chi connectivity index (χ0) is 22.6. The molecule has 0 unspecified atom stereocenters. The van der Waals surface area contributed by atoms with Gasteiger partial charge in [-0.15, -0.1) is 0 Å². The van der Waals surface area contributed by atoms with E-state index in [1.807, 2.05) is 45.0 Å². The second-order valence-electron chi connectivity index (χ2n) is 8.46. The Bertz CT molecular complexity index is 775. The number of aryl methyl sites for hydroxylation is 3. The van der Waals surface area contributed by atoms with Crippen LogP contribution in [0.1, 0.15) is 94.4 Å². The molecule has 0 fully saturated rings. The van der Waals surface area contributed by atoms with Gasteiger partial charge in [-0.2, -0.15) is 0 Å². The molecular weight excluding hydrogens is 352 g/mol. The molecular formula is C28H42O.